The maximum absolute atomic E-state index is 12.5. The van der Waals surface area contributed by atoms with Crippen molar-refractivity contribution in [3.8, 4) is 5.75 Å². The van der Waals surface area contributed by atoms with E-state index in [9.17, 15) is 9.59 Å². The molecule has 0 bridgehead atoms. The molecule has 1 atom stereocenters. The average Bonchev–Trinajstić information content (AvgIpc) is 3.17. The predicted molar refractivity (Wildman–Crippen MR) is 109 cm³/mol. The van der Waals surface area contributed by atoms with Crippen LogP contribution in [0.15, 0.2) is 53.1 Å². The molecule has 3 N–H and O–H groups in total. The molecule has 1 unspecified atom stereocenters. The van der Waals surface area contributed by atoms with E-state index in [1.54, 1.807) is 43.5 Å². The maximum Gasteiger partial charge on any atom is 0.319 e. The number of carbonyl (C=O) groups is 2. The minimum atomic E-state index is -1.09. The fraction of sp³-hybridized carbons (Fsp3) is 0.200. The average molecular weight is 431 g/mol. The molecule has 3 aromatic rings. The second-order valence-electron chi connectivity index (χ2n) is 6.33. The predicted octanol–water partition coefficient (Wildman–Crippen LogP) is 3.46. The Balaban J connectivity index is 1.76. The van der Waals surface area contributed by atoms with Gasteiger partial charge in [-0.3, -0.25) is 4.79 Å². The highest BCUT2D eigenvalue weighted by Gasteiger charge is 2.22. The molecule has 2 amide bonds. The summed E-state index contributed by atoms with van der Waals surface area (Å²) in [6.07, 6.45) is -0.0523. The zero-order valence-electron chi connectivity index (χ0n) is 16.0. The van der Waals surface area contributed by atoms with Gasteiger partial charge in [0.15, 0.2) is 5.82 Å². The molecule has 0 saturated heterocycles. The van der Waals surface area contributed by atoms with Crippen molar-refractivity contribution < 1.29 is 24.0 Å². The number of methoxy groups -OCH3 is 1. The first-order chi connectivity index (χ1) is 14.4. The highest BCUT2D eigenvalue weighted by atomic mass is 35.5. The molecule has 10 heteroatoms. The third-order valence-corrected chi connectivity index (χ3v) is 4.36. The number of aromatic nitrogens is 2. The number of rotatable bonds is 8. The Kier molecular flexibility index (Phi) is 6.87. The van der Waals surface area contributed by atoms with Gasteiger partial charge in [-0.2, -0.15) is 4.98 Å². The fourth-order valence-corrected chi connectivity index (χ4v) is 2.80. The Bertz CT molecular complexity index is 1000. The zero-order chi connectivity index (χ0) is 21.5. The fourth-order valence-electron chi connectivity index (χ4n) is 2.67. The Hall–Kier alpha value is -3.59. The van der Waals surface area contributed by atoms with Crippen LogP contribution in [0.1, 0.15) is 23.3 Å². The molecular formula is C20H19ClN4O5. The molecule has 0 aliphatic carbocycles. The molecule has 3 rings (SSSR count). The van der Waals surface area contributed by atoms with Gasteiger partial charge in [-0.05, 0) is 42.0 Å². The molecule has 1 heterocycles. The number of carboxylic acid groups (broad SMARTS) is 1. The summed E-state index contributed by atoms with van der Waals surface area (Å²) in [6.45, 7) is 0. The monoisotopic (exact) mass is 430 g/mol. The van der Waals surface area contributed by atoms with Crippen molar-refractivity contribution in [3.05, 3.63) is 70.8 Å². The van der Waals surface area contributed by atoms with Gasteiger partial charge in [0.25, 0.3) is 0 Å². The first kappa shape index (κ1) is 21.1. The van der Waals surface area contributed by atoms with Crippen LogP contribution in [-0.4, -0.2) is 34.4 Å². The highest BCUT2D eigenvalue weighted by molar-refractivity contribution is 6.30. The summed E-state index contributed by atoms with van der Waals surface area (Å²) in [7, 11) is 1.57. The van der Waals surface area contributed by atoms with Crippen molar-refractivity contribution in [1.82, 2.24) is 15.5 Å². The minimum Gasteiger partial charge on any atom is -0.497 e. The molecule has 9 nitrogen and oxygen atoms in total. The van der Waals surface area contributed by atoms with Gasteiger partial charge in [0.05, 0.1) is 13.2 Å². The Morgan fingerprint density at radius 3 is 2.50 bits per heavy atom. The van der Waals surface area contributed by atoms with Crippen molar-refractivity contribution in [1.29, 1.82) is 0 Å². The van der Waals surface area contributed by atoms with Crippen LogP contribution >= 0.6 is 11.6 Å². The zero-order valence-corrected chi connectivity index (χ0v) is 16.7. The number of ether oxygens (including phenoxy) is 1. The lowest BCUT2D eigenvalue weighted by molar-refractivity contribution is -0.136. The molecule has 0 aliphatic heterocycles. The second-order valence-corrected chi connectivity index (χ2v) is 6.76. The van der Waals surface area contributed by atoms with Crippen molar-refractivity contribution in [2.24, 2.45) is 0 Å². The van der Waals surface area contributed by atoms with Gasteiger partial charge in [-0.25, -0.2) is 4.79 Å². The number of halogens is 1. The Morgan fingerprint density at radius 2 is 1.87 bits per heavy atom. The van der Waals surface area contributed by atoms with Gasteiger partial charge >= 0.3 is 12.0 Å². The van der Waals surface area contributed by atoms with Gasteiger partial charge in [0.2, 0.25) is 5.89 Å². The summed E-state index contributed by atoms with van der Waals surface area (Å²) in [5, 5.41) is 18.8. The lowest BCUT2D eigenvalue weighted by Crippen LogP contribution is -2.34. The number of carbonyl (C=O) groups excluding carboxylic acids is 1. The topological polar surface area (TPSA) is 127 Å². The minimum absolute atomic E-state index is 0.0443. The number of hydrogen-bond acceptors (Lipinski definition) is 6. The van der Waals surface area contributed by atoms with Crippen molar-refractivity contribution >= 4 is 29.3 Å². The third kappa shape index (κ3) is 5.95. The first-order valence-electron chi connectivity index (χ1n) is 8.93. The van der Waals surface area contributed by atoms with E-state index < -0.39 is 24.5 Å². The second kappa shape index (κ2) is 9.75. The highest BCUT2D eigenvalue weighted by Crippen LogP contribution is 2.20. The largest absolute Gasteiger partial charge is 0.497 e. The van der Waals surface area contributed by atoms with Gasteiger partial charge in [-0.15, -0.1) is 0 Å². The number of nitrogens with zero attached hydrogens (tertiary/aromatic N) is 2. The van der Waals surface area contributed by atoms with Crippen LogP contribution in [0.3, 0.4) is 0 Å². The number of hydrogen-bond donors (Lipinski definition) is 3. The number of carboxylic acids is 1. The molecule has 30 heavy (non-hydrogen) atoms. The van der Waals surface area contributed by atoms with Crippen LogP contribution in [0.2, 0.25) is 5.02 Å². The van der Waals surface area contributed by atoms with E-state index in [1.807, 2.05) is 12.1 Å². The molecule has 156 valence electrons. The van der Waals surface area contributed by atoms with Crippen LogP contribution in [0, 0.1) is 0 Å². The molecular weight excluding hydrogens is 412 g/mol. The van der Waals surface area contributed by atoms with Crippen molar-refractivity contribution in [2.75, 3.05) is 12.4 Å². The Labute approximate surface area is 177 Å². The van der Waals surface area contributed by atoms with Crippen LogP contribution in [-0.2, 0) is 17.6 Å². The molecule has 0 radical (unpaired) electrons. The standard InChI is InChI=1S/C20H19ClN4O5/c1-29-15-8-2-12(3-9-15)10-16(19-24-17(30-25-19)11-18(26)27)23-20(28)22-14-6-4-13(21)5-7-14/h2-9,16H,10-11H2,1H3,(H,26,27)(H2,22,23,28). The van der Waals surface area contributed by atoms with Crippen LogP contribution in [0.4, 0.5) is 10.5 Å². The van der Waals surface area contributed by atoms with Gasteiger partial charge in [-0.1, -0.05) is 28.9 Å². The third-order valence-electron chi connectivity index (χ3n) is 4.10. The summed E-state index contributed by atoms with van der Waals surface area (Å²) in [5.74, 6) is -0.261. The molecule has 0 fully saturated rings. The maximum atomic E-state index is 12.5. The molecule has 0 saturated carbocycles. The first-order valence-corrected chi connectivity index (χ1v) is 9.31. The number of anilines is 1. The van der Waals surface area contributed by atoms with E-state index in [0.29, 0.717) is 22.9 Å². The molecule has 0 spiro atoms. The van der Waals surface area contributed by atoms with Crippen LogP contribution in [0.5, 0.6) is 5.75 Å². The summed E-state index contributed by atoms with van der Waals surface area (Å²) in [4.78, 5) is 27.5. The van der Waals surface area contributed by atoms with E-state index in [-0.39, 0.29) is 11.7 Å². The van der Waals surface area contributed by atoms with E-state index in [4.69, 9.17) is 26.0 Å². The smallest absolute Gasteiger partial charge is 0.319 e. The van der Waals surface area contributed by atoms with E-state index in [2.05, 4.69) is 20.8 Å². The van der Waals surface area contributed by atoms with Crippen molar-refractivity contribution in [3.63, 3.8) is 0 Å². The summed E-state index contributed by atoms with van der Waals surface area (Å²) in [5.41, 5.74) is 1.44. The number of urea groups is 1. The lowest BCUT2D eigenvalue weighted by Gasteiger charge is -2.16. The van der Waals surface area contributed by atoms with Crippen LogP contribution in [0.25, 0.3) is 0 Å². The number of amides is 2. The number of aliphatic carboxylic acids is 1. The summed E-state index contributed by atoms with van der Waals surface area (Å²) in [6, 6.07) is 12.8. The van der Waals surface area contributed by atoms with E-state index in [0.717, 1.165) is 5.56 Å². The molecule has 1 aromatic heterocycles. The van der Waals surface area contributed by atoms with Gasteiger partial charge in [0, 0.05) is 17.1 Å². The van der Waals surface area contributed by atoms with Gasteiger partial charge in [0.1, 0.15) is 12.2 Å². The van der Waals surface area contributed by atoms with E-state index >= 15 is 0 Å². The van der Waals surface area contributed by atoms with Gasteiger partial charge < -0.3 is 25.0 Å². The molecule has 0 aliphatic rings. The molecule has 2 aromatic carbocycles. The SMILES string of the molecule is COc1ccc(CC(NC(=O)Nc2ccc(Cl)cc2)c2noc(CC(=O)O)n2)cc1. The normalized spacial score (nSPS) is 11.5. The van der Waals surface area contributed by atoms with E-state index in [1.165, 1.54) is 0 Å². The summed E-state index contributed by atoms with van der Waals surface area (Å²) >= 11 is 5.86. The van der Waals surface area contributed by atoms with Crippen LogP contribution < -0.4 is 15.4 Å². The number of nitrogens with one attached hydrogen (secondary N) is 2. The van der Waals surface area contributed by atoms with Crippen molar-refractivity contribution in [2.45, 2.75) is 18.9 Å². The number of benzene rings is 2. The lowest BCUT2D eigenvalue weighted by atomic mass is 10.1. The summed E-state index contributed by atoms with van der Waals surface area (Å²) < 4.78 is 10.1. The quantitative estimate of drug-likeness (QED) is 0.499. The Morgan fingerprint density at radius 1 is 1.17 bits per heavy atom.